The number of halogens is 3. The van der Waals surface area contributed by atoms with Gasteiger partial charge in [0.15, 0.2) is 5.82 Å². The first-order valence-corrected chi connectivity index (χ1v) is 6.30. The zero-order valence-corrected chi connectivity index (χ0v) is 11.8. The van der Waals surface area contributed by atoms with Crippen molar-refractivity contribution < 1.29 is 13.6 Å². The van der Waals surface area contributed by atoms with E-state index in [1.807, 2.05) is 0 Å². The van der Waals surface area contributed by atoms with Crippen LogP contribution in [0.1, 0.15) is 36.1 Å². The Morgan fingerprint density at radius 2 is 1.89 bits per heavy atom. The molecule has 0 aliphatic carbocycles. The summed E-state index contributed by atoms with van der Waals surface area (Å²) in [7, 11) is 0. The lowest BCUT2D eigenvalue weighted by Crippen LogP contribution is -2.17. The van der Waals surface area contributed by atoms with Crippen molar-refractivity contribution in [3.05, 3.63) is 46.0 Å². The number of hydrogen-bond donors (Lipinski definition) is 0. The van der Waals surface area contributed by atoms with Gasteiger partial charge in [-0.05, 0) is 26.0 Å². The third kappa shape index (κ3) is 2.56. The summed E-state index contributed by atoms with van der Waals surface area (Å²) in [4.78, 5) is 15.9. The minimum Gasteiger partial charge on any atom is -0.285 e. The highest BCUT2D eigenvalue weighted by Crippen LogP contribution is 2.22. The molecule has 0 aliphatic rings. The van der Waals surface area contributed by atoms with Gasteiger partial charge in [0, 0.05) is 10.5 Å². The SMILES string of the molecule is CC(C)n1ncnc1C(=O)c1c(F)cc(Br)cc1F. The fraction of sp³-hybridized carbons (Fsp3) is 0.250. The van der Waals surface area contributed by atoms with Crippen LogP contribution in [0.2, 0.25) is 0 Å². The molecule has 2 rings (SSSR count). The number of carbonyl (C=O) groups excluding carboxylic acids is 1. The van der Waals surface area contributed by atoms with Gasteiger partial charge in [-0.1, -0.05) is 15.9 Å². The standard InChI is InChI=1S/C12H10BrF2N3O/c1-6(2)18-12(16-5-17-18)11(19)10-8(14)3-7(13)4-9(10)15/h3-6H,1-2H3. The predicted octanol–water partition coefficient (Wildman–Crippen LogP) is 3.13. The quantitative estimate of drug-likeness (QED) is 0.813. The van der Waals surface area contributed by atoms with E-state index in [2.05, 4.69) is 26.0 Å². The van der Waals surface area contributed by atoms with Crippen molar-refractivity contribution in [1.29, 1.82) is 0 Å². The Labute approximate surface area is 116 Å². The van der Waals surface area contributed by atoms with E-state index in [1.54, 1.807) is 13.8 Å². The van der Waals surface area contributed by atoms with E-state index in [9.17, 15) is 13.6 Å². The maximum absolute atomic E-state index is 13.7. The first-order valence-electron chi connectivity index (χ1n) is 5.50. The van der Waals surface area contributed by atoms with Crippen LogP contribution in [-0.2, 0) is 0 Å². The highest BCUT2D eigenvalue weighted by molar-refractivity contribution is 9.10. The van der Waals surface area contributed by atoms with E-state index >= 15 is 0 Å². The van der Waals surface area contributed by atoms with E-state index in [0.29, 0.717) is 0 Å². The minimum absolute atomic E-state index is 0.0878. The molecule has 0 N–H and O–H groups in total. The van der Waals surface area contributed by atoms with Crippen LogP contribution >= 0.6 is 15.9 Å². The molecule has 0 atom stereocenters. The second-order valence-corrected chi connectivity index (χ2v) is 5.11. The molecule has 1 aromatic carbocycles. The van der Waals surface area contributed by atoms with Crippen molar-refractivity contribution in [2.45, 2.75) is 19.9 Å². The highest BCUT2D eigenvalue weighted by atomic mass is 79.9. The fourth-order valence-corrected chi connectivity index (χ4v) is 2.06. The minimum atomic E-state index is -0.935. The summed E-state index contributed by atoms with van der Waals surface area (Å²) < 4.78 is 29.0. The van der Waals surface area contributed by atoms with Crippen molar-refractivity contribution in [2.75, 3.05) is 0 Å². The topological polar surface area (TPSA) is 47.8 Å². The number of aromatic nitrogens is 3. The van der Waals surface area contributed by atoms with Crippen LogP contribution in [0.4, 0.5) is 8.78 Å². The molecule has 0 radical (unpaired) electrons. The predicted molar refractivity (Wildman–Crippen MR) is 67.9 cm³/mol. The second-order valence-electron chi connectivity index (χ2n) is 4.20. The maximum Gasteiger partial charge on any atom is 0.235 e. The molecule has 0 saturated carbocycles. The second kappa shape index (κ2) is 5.16. The summed E-state index contributed by atoms with van der Waals surface area (Å²) >= 11 is 2.96. The van der Waals surface area contributed by atoms with Crippen molar-refractivity contribution >= 4 is 21.7 Å². The van der Waals surface area contributed by atoms with Crippen LogP contribution in [-0.4, -0.2) is 20.5 Å². The average Bonchev–Trinajstić information content (AvgIpc) is 2.75. The number of rotatable bonds is 3. The van der Waals surface area contributed by atoms with Gasteiger partial charge in [0.1, 0.15) is 18.0 Å². The Balaban J connectivity index is 2.54. The Bertz CT molecular complexity index is 617. The molecule has 0 saturated heterocycles. The van der Waals surface area contributed by atoms with E-state index < -0.39 is 23.0 Å². The van der Waals surface area contributed by atoms with E-state index in [0.717, 1.165) is 12.1 Å². The van der Waals surface area contributed by atoms with E-state index in [1.165, 1.54) is 11.0 Å². The number of carbonyl (C=O) groups is 1. The molecule has 100 valence electrons. The molecule has 1 aromatic heterocycles. The van der Waals surface area contributed by atoms with Gasteiger partial charge in [0.05, 0.1) is 5.56 Å². The monoisotopic (exact) mass is 329 g/mol. The zero-order valence-electron chi connectivity index (χ0n) is 10.2. The smallest absolute Gasteiger partial charge is 0.235 e. The summed E-state index contributed by atoms with van der Waals surface area (Å²) in [5.41, 5.74) is -0.627. The molecule has 0 aliphatic heterocycles. The lowest BCUT2D eigenvalue weighted by molar-refractivity contribution is 0.101. The molecular formula is C12H10BrF2N3O. The Morgan fingerprint density at radius 1 is 1.32 bits per heavy atom. The van der Waals surface area contributed by atoms with Gasteiger partial charge in [0.25, 0.3) is 0 Å². The maximum atomic E-state index is 13.7. The van der Waals surface area contributed by atoms with Gasteiger partial charge >= 0.3 is 0 Å². The van der Waals surface area contributed by atoms with Crippen LogP contribution in [0.25, 0.3) is 0 Å². The van der Waals surface area contributed by atoms with Crippen LogP contribution in [0, 0.1) is 11.6 Å². The van der Waals surface area contributed by atoms with Crippen molar-refractivity contribution in [2.24, 2.45) is 0 Å². The number of nitrogens with zero attached hydrogens (tertiary/aromatic N) is 3. The lowest BCUT2D eigenvalue weighted by atomic mass is 10.1. The van der Waals surface area contributed by atoms with Gasteiger partial charge in [-0.3, -0.25) is 4.79 Å². The van der Waals surface area contributed by atoms with Gasteiger partial charge in [0.2, 0.25) is 5.78 Å². The third-order valence-corrected chi connectivity index (χ3v) is 2.96. The molecule has 0 amide bonds. The van der Waals surface area contributed by atoms with Crippen molar-refractivity contribution in [3.8, 4) is 0 Å². The molecular weight excluding hydrogens is 320 g/mol. The van der Waals surface area contributed by atoms with E-state index in [4.69, 9.17) is 0 Å². The number of benzene rings is 1. The molecule has 19 heavy (non-hydrogen) atoms. The summed E-state index contributed by atoms with van der Waals surface area (Å²) in [6.45, 7) is 3.58. The molecule has 0 bridgehead atoms. The van der Waals surface area contributed by atoms with Gasteiger partial charge in [-0.2, -0.15) is 5.10 Å². The van der Waals surface area contributed by atoms with Crippen LogP contribution < -0.4 is 0 Å². The van der Waals surface area contributed by atoms with Gasteiger partial charge in [-0.25, -0.2) is 18.4 Å². The highest BCUT2D eigenvalue weighted by Gasteiger charge is 2.24. The Hall–Kier alpha value is -1.63. The first-order chi connectivity index (χ1) is 8.91. The third-order valence-electron chi connectivity index (χ3n) is 2.50. The number of hydrogen-bond acceptors (Lipinski definition) is 3. The van der Waals surface area contributed by atoms with Gasteiger partial charge < -0.3 is 0 Å². The Morgan fingerprint density at radius 3 is 2.42 bits per heavy atom. The summed E-state index contributed by atoms with van der Waals surface area (Å²) in [5.74, 6) is -2.78. The molecule has 0 spiro atoms. The number of ketones is 1. The summed E-state index contributed by atoms with van der Waals surface area (Å²) in [6.07, 6.45) is 1.18. The average molecular weight is 330 g/mol. The first kappa shape index (κ1) is 13.8. The van der Waals surface area contributed by atoms with Gasteiger partial charge in [-0.15, -0.1) is 0 Å². The Kier molecular flexibility index (Phi) is 3.75. The van der Waals surface area contributed by atoms with Crippen LogP contribution in [0.5, 0.6) is 0 Å². The zero-order chi connectivity index (χ0) is 14.2. The fourth-order valence-electron chi connectivity index (χ4n) is 1.66. The molecule has 0 unspecified atom stereocenters. The summed E-state index contributed by atoms with van der Waals surface area (Å²) in [5, 5.41) is 3.87. The van der Waals surface area contributed by atoms with E-state index in [-0.39, 0.29) is 16.3 Å². The van der Waals surface area contributed by atoms with Crippen LogP contribution in [0.15, 0.2) is 22.9 Å². The van der Waals surface area contributed by atoms with Crippen molar-refractivity contribution in [3.63, 3.8) is 0 Å². The molecule has 1 heterocycles. The largest absolute Gasteiger partial charge is 0.285 e. The van der Waals surface area contributed by atoms with Crippen LogP contribution in [0.3, 0.4) is 0 Å². The molecule has 4 nitrogen and oxygen atoms in total. The summed E-state index contributed by atoms with van der Waals surface area (Å²) in [6, 6.07) is 1.93. The van der Waals surface area contributed by atoms with Crippen molar-refractivity contribution in [1.82, 2.24) is 14.8 Å². The lowest BCUT2D eigenvalue weighted by Gasteiger charge is -2.09. The molecule has 2 aromatic rings. The molecule has 7 heteroatoms. The normalized spacial score (nSPS) is 11.1. The molecule has 0 fully saturated rings.